The van der Waals surface area contributed by atoms with Crippen LogP contribution in [0, 0.1) is 0 Å². The van der Waals surface area contributed by atoms with Crippen molar-refractivity contribution in [1.82, 2.24) is 10.2 Å². The molecule has 2 heterocycles. The molecule has 3 N–H and O–H groups in total. The Bertz CT molecular complexity index is 1040. The zero-order valence-corrected chi connectivity index (χ0v) is 19.7. The summed E-state index contributed by atoms with van der Waals surface area (Å²) >= 11 is 0. The Morgan fingerprint density at radius 3 is 2.62 bits per heavy atom. The number of fused-ring (bicyclic) bond motifs is 1. The highest BCUT2D eigenvalue weighted by atomic mass is 16.5. The Morgan fingerprint density at radius 1 is 1.12 bits per heavy atom. The maximum absolute atomic E-state index is 13.5. The molecular weight excluding hydrogens is 436 g/mol. The van der Waals surface area contributed by atoms with Crippen LogP contribution < -0.4 is 25.0 Å². The number of urea groups is 1. The number of anilines is 2. The Labute approximate surface area is 199 Å². The van der Waals surface area contributed by atoms with Gasteiger partial charge in [-0.3, -0.25) is 4.79 Å². The Kier molecular flexibility index (Phi) is 7.23. The average Bonchev–Trinajstić information content (AvgIpc) is 2.87. The lowest BCUT2D eigenvalue weighted by Crippen LogP contribution is -2.62. The molecule has 1 fully saturated rings. The maximum Gasteiger partial charge on any atom is 0.329 e. The minimum Gasteiger partial charge on any atom is -0.497 e. The molecule has 1 unspecified atom stereocenters. The van der Waals surface area contributed by atoms with Gasteiger partial charge in [0.05, 0.1) is 25.6 Å². The molecule has 0 aliphatic carbocycles. The van der Waals surface area contributed by atoms with Gasteiger partial charge in [-0.15, -0.1) is 0 Å². The summed E-state index contributed by atoms with van der Waals surface area (Å²) < 4.78 is 10.7. The van der Waals surface area contributed by atoms with Crippen molar-refractivity contribution in [3.05, 3.63) is 48.0 Å². The van der Waals surface area contributed by atoms with Gasteiger partial charge in [0.1, 0.15) is 11.5 Å². The summed E-state index contributed by atoms with van der Waals surface area (Å²) in [4.78, 5) is 30.2. The van der Waals surface area contributed by atoms with Crippen LogP contribution in [0.15, 0.2) is 42.5 Å². The van der Waals surface area contributed by atoms with Crippen LogP contribution >= 0.6 is 0 Å². The van der Waals surface area contributed by atoms with Crippen molar-refractivity contribution in [3.8, 4) is 11.5 Å². The van der Waals surface area contributed by atoms with E-state index in [-0.39, 0.29) is 17.0 Å². The number of piperidine rings is 1. The summed E-state index contributed by atoms with van der Waals surface area (Å²) in [6.07, 6.45) is 4.43. The van der Waals surface area contributed by atoms with E-state index in [4.69, 9.17) is 9.47 Å². The van der Waals surface area contributed by atoms with Gasteiger partial charge in [-0.1, -0.05) is 24.6 Å². The minimum atomic E-state index is -2.27. The predicted octanol–water partition coefficient (Wildman–Crippen LogP) is 2.89. The van der Waals surface area contributed by atoms with Crippen molar-refractivity contribution in [3.63, 3.8) is 0 Å². The summed E-state index contributed by atoms with van der Waals surface area (Å²) in [7, 11) is 2.97. The van der Waals surface area contributed by atoms with Gasteiger partial charge in [0.2, 0.25) is 0 Å². The number of hydrogen-bond acceptors (Lipinski definition) is 6. The topological polar surface area (TPSA) is 103 Å². The van der Waals surface area contributed by atoms with Gasteiger partial charge in [-0.2, -0.15) is 0 Å². The molecule has 0 spiro atoms. The monoisotopic (exact) mass is 468 g/mol. The summed E-state index contributed by atoms with van der Waals surface area (Å²) in [5, 5.41) is 17.5. The first-order valence-corrected chi connectivity index (χ1v) is 11.6. The molecule has 182 valence electrons. The lowest BCUT2D eigenvalue weighted by molar-refractivity contribution is -0.140. The number of hydrogen-bond donors (Lipinski definition) is 3. The van der Waals surface area contributed by atoms with E-state index in [1.807, 2.05) is 0 Å². The SMILES string of the molecule is COc1ccc(N2C(=O)Nc3ccccc3C2(O)C(=O)NCCCN2CCCCC2)c(OC)c1. The number of carbonyl (C=O) groups excluding carboxylic acids is 2. The number of likely N-dealkylation sites (tertiary alicyclic amines) is 1. The van der Waals surface area contributed by atoms with Crippen molar-refractivity contribution < 1.29 is 24.2 Å². The fourth-order valence-corrected chi connectivity index (χ4v) is 4.62. The van der Waals surface area contributed by atoms with E-state index < -0.39 is 17.7 Å². The van der Waals surface area contributed by atoms with Gasteiger partial charge in [0.25, 0.3) is 11.6 Å². The predicted molar refractivity (Wildman–Crippen MR) is 129 cm³/mol. The van der Waals surface area contributed by atoms with Crippen LogP contribution in [-0.2, 0) is 10.5 Å². The number of ether oxygens (including phenoxy) is 2. The van der Waals surface area contributed by atoms with Gasteiger partial charge < -0.3 is 30.1 Å². The average molecular weight is 469 g/mol. The van der Waals surface area contributed by atoms with E-state index in [0.717, 1.165) is 31.0 Å². The second-order valence-electron chi connectivity index (χ2n) is 8.53. The molecule has 3 amide bonds. The van der Waals surface area contributed by atoms with Crippen LogP contribution in [0.1, 0.15) is 31.2 Å². The van der Waals surface area contributed by atoms with Gasteiger partial charge in [-0.25, -0.2) is 9.69 Å². The van der Waals surface area contributed by atoms with Crippen LogP contribution in [0.5, 0.6) is 11.5 Å². The van der Waals surface area contributed by atoms with Crippen LogP contribution in [0.2, 0.25) is 0 Å². The van der Waals surface area contributed by atoms with Crippen LogP contribution in [0.3, 0.4) is 0 Å². The first kappa shape index (κ1) is 23.8. The van der Waals surface area contributed by atoms with E-state index in [1.54, 1.807) is 42.5 Å². The highest BCUT2D eigenvalue weighted by molar-refractivity contribution is 6.12. The summed E-state index contributed by atoms with van der Waals surface area (Å²) in [5.74, 6) is 0.126. The molecule has 0 radical (unpaired) electrons. The van der Waals surface area contributed by atoms with E-state index in [2.05, 4.69) is 15.5 Å². The molecule has 0 saturated carbocycles. The van der Waals surface area contributed by atoms with Crippen LogP contribution in [0.25, 0.3) is 0 Å². The molecule has 9 heteroatoms. The van der Waals surface area contributed by atoms with Crippen molar-refractivity contribution in [1.29, 1.82) is 0 Å². The molecule has 2 aliphatic heterocycles. The Balaban J connectivity index is 1.62. The normalized spacial score (nSPS) is 20.3. The molecule has 0 bridgehead atoms. The molecule has 2 aromatic rings. The zero-order valence-electron chi connectivity index (χ0n) is 19.7. The van der Waals surface area contributed by atoms with Gasteiger partial charge in [0.15, 0.2) is 0 Å². The molecule has 2 aliphatic rings. The van der Waals surface area contributed by atoms with E-state index in [0.29, 0.717) is 18.0 Å². The molecule has 34 heavy (non-hydrogen) atoms. The molecular formula is C25H32N4O5. The molecule has 1 atom stereocenters. The molecule has 0 aromatic heterocycles. The quantitative estimate of drug-likeness (QED) is 0.515. The summed E-state index contributed by atoms with van der Waals surface area (Å²) in [6, 6.07) is 10.9. The van der Waals surface area contributed by atoms with Crippen molar-refractivity contribution >= 4 is 23.3 Å². The number of para-hydroxylation sites is 1. The van der Waals surface area contributed by atoms with Gasteiger partial charge >= 0.3 is 6.03 Å². The second kappa shape index (κ2) is 10.3. The largest absolute Gasteiger partial charge is 0.497 e. The summed E-state index contributed by atoms with van der Waals surface area (Å²) in [6.45, 7) is 3.42. The molecule has 2 aromatic carbocycles. The highest BCUT2D eigenvalue weighted by Crippen LogP contribution is 2.43. The standard InChI is InChI=1S/C25H32N4O5/c1-33-18-11-12-21(22(17-18)34-2)29-24(31)27-20-10-5-4-9-19(20)25(29,32)23(30)26-13-8-16-28-14-6-3-7-15-28/h4-5,9-12,17,32H,3,6-8,13-16H2,1-2H3,(H,26,30)(H,27,31). The third kappa shape index (κ3) is 4.53. The van der Waals surface area contributed by atoms with Crippen molar-refractivity contribution in [2.45, 2.75) is 31.4 Å². The van der Waals surface area contributed by atoms with Gasteiger partial charge in [0, 0.05) is 18.2 Å². The lowest BCUT2D eigenvalue weighted by atomic mass is 9.94. The van der Waals surface area contributed by atoms with E-state index >= 15 is 0 Å². The zero-order chi connectivity index (χ0) is 24.1. The molecule has 4 rings (SSSR count). The lowest BCUT2D eigenvalue weighted by Gasteiger charge is -2.43. The Hall–Kier alpha value is -3.30. The first-order valence-electron chi connectivity index (χ1n) is 11.6. The number of rotatable bonds is 8. The minimum absolute atomic E-state index is 0.237. The first-order chi connectivity index (χ1) is 16.5. The van der Waals surface area contributed by atoms with Crippen molar-refractivity contribution in [2.24, 2.45) is 0 Å². The third-order valence-electron chi connectivity index (χ3n) is 6.40. The third-order valence-corrected chi connectivity index (χ3v) is 6.40. The number of nitrogens with zero attached hydrogens (tertiary/aromatic N) is 2. The van der Waals surface area contributed by atoms with Crippen molar-refractivity contribution in [2.75, 3.05) is 50.6 Å². The molecule has 9 nitrogen and oxygen atoms in total. The van der Waals surface area contributed by atoms with E-state index in [9.17, 15) is 14.7 Å². The fourth-order valence-electron chi connectivity index (χ4n) is 4.62. The summed E-state index contributed by atoms with van der Waals surface area (Å²) in [5.41, 5.74) is -1.38. The molecule has 1 saturated heterocycles. The van der Waals surface area contributed by atoms with Gasteiger partial charge in [-0.05, 0) is 57.1 Å². The number of carbonyl (C=O) groups is 2. The van der Waals surface area contributed by atoms with Crippen LogP contribution in [-0.4, -0.2) is 62.3 Å². The number of amides is 3. The number of aliphatic hydroxyl groups is 1. The second-order valence-corrected chi connectivity index (χ2v) is 8.53. The number of benzene rings is 2. The van der Waals surface area contributed by atoms with Crippen LogP contribution in [0.4, 0.5) is 16.2 Å². The van der Waals surface area contributed by atoms with E-state index in [1.165, 1.54) is 33.5 Å². The smallest absolute Gasteiger partial charge is 0.329 e. The Morgan fingerprint density at radius 2 is 1.88 bits per heavy atom. The number of nitrogens with one attached hydrogen (secondary N) is 2. The highest BCUT2D eigenvalue weighted by Gasteiger charge is 2.52. The fraction of sp³-hybridized carbons (Fsp3) is 0.440. The number of methoxy groups -OCH3 is 2. The maximum atomic E-state index is 13.5.